The van der Waals surface area contributed by atoms with Gasteiger partial charge in [-0.3, -0.25) is 9.59 Å². The number of benzene rings is 2. The highest BCUT2D eigenvalue weighted by Gasteiger charge is 2.17. The van der Waals surface area contributed by atoms with Gasteiger partial charge in [-0.25, -0.2) is 0 Å². The molecule has 0 fully saturated rings. The topological polar surface area (TPSA) is 67.4 Å². The van der Waals surface area contributed by atoms with Crippen LogP contribution < -0.4 is 15.4 Å². The van der Waals surface area contributed by atoms with Crippen LogP contribution in [0.2, 0.25) is 0 Å². The molecule has 148 valence electrons. The lowest BCUT2D eigenvalue weighted by Crippen LogP contribution is -2.40. The molecule has 2 N–H and O–H groups in total. The van der Waals surface area contributed by atoms with Gasteiger partial charge >= 0.3 is 0 Å². The molecule has 8 heteroatoms. The third-order valence-corrected chi connectivity index (χ3v) is 4.44. The predicted molar refractivity (Wildman–Crippen MR) is 107 cm³/mol. The molecule has 2 amide bonds. The Balaban J connectivity index is 1.92. The van der Waals surface area contributed by atoms with Crippen LogP contribution >= 0.6 is 11.8 Å². The number of thioether (sulfide) groups is 1. The first-order valence-corrected chi connectivity index (χ1v) is 9.24. The zero-order chi connectivity index (χ0) is 20.5. The fraction of sp³-hybridized carbons (Fsp3) is 0.200. The molecule has 2 rings (SSSR count). The average Bonchev–Trinajstić information content (AvgIpc) is 2.67. The zero-order valence-corrected chi connectivity index (χ0v) is 16.1. The highest BCUT2D eigenvalue weighted by atomic mass is 32.2. The first-order chi connectivity index (χ1) is 13.4. The average molecular weight is 406 g/mol. The summed E-state index contributed by atoms with van der Waals surface area (Å²) in [6.45, 7) is 1.51. The lowest BCUT2D eigenvalue weighted by molar-refractivity contribution is -0.123. The van der Waals surface area contributed by atoms with Crippen molar-refractivity contribution >= 4 is 35.3 Å². The molecule has 0 saturated carbocycles. The number of amides is 2. The molecule has 5 nitrogen and oxygen atoms in total. The van der Waals surface area contributed by atoms with Crippen LogP contribution in [-0.2, 0) is 9.59 Å². The van der Waals surface area contributed by atoms with E-state index in [9.17, 15) is 18.4 Å². The van der Waals surface area contributed by atoms with Crippen molar-refractivity contribution in [1.82, 2.24) is 5.32 Å². The number of halogens is 2. The normalized spacial score (nSPS) is 12.0. The molecular weight excluding hydrogens is 386 g/mol. The maximum absolute atomic E-state index is 12.6. The molecule has 2 aromatic rings. The number of rotatable bonds is 8. The van der Waals surface area contributed by atoms with E-state index >= 15 is 0 Å². The van der Waals surface area contributed by atoms with Gasteiger partial charge in [-0.1, -0.05) is 36.0 Å². The molecule has 28 heavy (non-hydrogen) atoms. The summed E-state index contributed by atoms with van der Waals surface area (Å²) in [6.07, 6.45) is 2.92. The Morgan fingerprint density at radius 2 is 1.79 bits per heavy atom. The molecule has 0 bridgehead atoms. The van der Waals surface area contributed by atoms with Gasteiger partial charge in [0.1, 0.15) is 11.8 Å². The maximum Gasteiger partial charge on any atom is 0.288 e. The fourth-order valence-corrected chi connectivity index (χ4v) is 2.82. The molecule has 0 aliphatic rings. The number of methoxy groups -OCH3 is 1. The van der Waals surface area contributed by atoms with E-state index < -0.39 is 23.6 Å². The molecule has 0 spiro atoms. The molecule has 0 aliphatic carbocycles. The minimum absolute atomic E-state index is 0.253. The van der Waals surface area contributed by atoms with Crippen LogP contribution in [0.3, 0.4) is 0 Å². The Hall–Kier alpha value is -2.87. The second-order valence-electron chi connectivity index (χ2n) is 5.70. The number of hydrogen-bond donors (Lipinski definition) is 2. The number of carbonyl (C=O) groups excluding carboxylic acids is 2. The minimum Gasteiger partial charge on any atom is -0.497 e. The maximum atomic E-state index is 12.6. The first-order valence-electron chi connectivity index (χ1n) is 8.36. The smallest absolute Gasteiger partial charge is 0.288 e. The summed E-state index contributed by atoms with van der Waals surface area (Å²) in [7, 11) is 1.56. The van der Waals surface area contributed by atoms with Gasteiger partial charge < -0.3 is 15.4 Å². The van der Waals surface area contributed by atoms with E-state index in [1.165, 1.54) is 25.1 Å². The van der Waals surface area contributed by atoms with Crippen LogP contribution in [0.1, 0.15) is 12.5 Å². The fourth-order valence-electron chi connectivity index (χ4n) is 2.22. The number of anilines is 1. The highest BCUT2D eigenvalue weighted by molar-refractivity contribution is 7.99. The third kappa shape index (κ3) is 6.70. The number of ether oxygens (including phenoxy) is 1. The van der Waals surface area contributed by atoms with Crippen molar-refractivity contribution in [2.24, 2.45) is 0 Å². The van der Waals surface area contributed by atoms with E-state index in [-0.39, 0.29) is 10.6 Å². The van der Waals surface area contributed by atoms with Crippen molar-refractivity contribution in [2.45, 2.75) is 23.6 Å². The van der Waals surface area contributed by atoms with E-state index in [2.05, 4.69) is 10.6 Å². The molecule has 0 aliphatic heterocycles. The highest BCUT2D eigenvalue weighted by Crippen LogP contribution is 2.31. The lowest BCUT2D eigenvalue weighted by atomic mass is 10.2. The largest absolute Gasteiger partial charge is 0.497 e. The Morgan fingerprint density at radius 3 is 2.43 bits per heavy atom. The standard InChI is InChI=1S/C20H20F2N2O3S/c1-13(19(26)24-16-5-3-4-6-17(16)28-20(21)22)23-18(25)12-9-14-7-10-15(27-2)11-8-14/h3-13,20H,1-2H3,(H,23,25)(H,24,26)/b12-9+/t13-/m0/s1. The molecule has 0 aromatic heterocycles. The molecule has 0 unspecified atom stereocenters. The molecule has 0 saturated heterocycles. The predicted octanol–water partition coefficient (Wildman–Crippen LogP) is 4.17. The summed E-state index contributed by atoms with van der Waals surface area (Å²) in [6, 6.07) is 12.5. The zero-order valence-electron chi connectivity index (χ0n) is 15.3. The van der Waals surface area contributed by atoms with Gasteiger partial charge in [-0.15, -0.1) is 0 Å². The van der Waals surface area contributed by atoms with Crippen molar-refractivity contribution in [3.05, 3.63) is 60.2 Å². The monoisotopic (exact) mass is 406 g/mol. The van der Waals surface area contributed by atoms with Crippen molar-refractivity contribution in [2.75, 3.05) is 12.4 Å². The summed E-state index contributed by atoms with van der Waals surface area (Å²) < 4.78 is 30.3. The van der Waals surface area contributed by atoms with Crippen molar-refractivity contribution in [1.29, 1.82) is 0 Å². The summed E-state index contributed by atoms with van der Waals surface area (Å²) in [5.41, 5.74) is 1.07. The van der Waals surface area contributed by atoms with Gasteiger partial charge in [-0.2, -0.15) is 8.78 Å². The van der Waals surface area contributed by atoms with E-state index in [0.717, 1.165) is 5.56 Å². The van der Waals surface area contributed by atoms with E-state index in [4.69, 9.17) is 4.74 Å². The first kappa shape index (κ1) is 21.4. The van der Waals surface area contributed by atoms with Gasteiger partial charge in [0.2, 0.25) is 11.8 Å². The second-order valence-corrected chi connectivity index (χ2v) is 6.73. The van der Waals surface area contributed by atoms with Crippen molar-refractivity contribution in [3.8, 4) is 5.75 Å². The van der Waals surface area contributed by atoms with Gasteiger partial charge in [0.25, 0.3) is 5.76 Å². The number of carbonyl (C=O) groups is 2. The summed E-state index contributed by atoms with van der Waals surface area (Å²) in [5, 5.41) is 5.10. The quantitative estimate of drug-likeness (QED) is 0.510. The van der Waals surface area contributed by atoms with Crippen LogP contribution in [0.4, 0.5) is 14.5 Å². The molecule has 2 aromatic carbocycles. The van der Waals surface area contributed by atoms with Gasteiger partial charge in [0, 0.05) is 11.0 Å². The van der Waals surface area contributed by atoms with Crippen LogP contribution in [0, 0.1) is 0 Å². The molecule has 0 heterocycles. The van der Waals surface area contributed by atoms with E-state index in [1.54, 1.807) is 49.6 Å². The van der Waals surface area contributed by atoms with Gasteiger partial charge in [0.15, 0.2) is 0 Å². The van der Waals surface area contributed by atoms with Crippen LogP contribution in [-0.4, -0.2) is 30.7 Å². The Bertz CT molecular complexity index is 842. The van der Waals surface area contributed by atoms with Gasteiger partial charge in [0.05, 0.1) is 12.8 Å². The number of nitrogens with one attached hydrogen (secondary N) is 2. The lowest BCUT2D eigenvalue weighted by Gasteiger charge is -2.15. The summed E-state index contributed by atoms with van der Waals surface area (Å²) in [5.74, 6) is -2.85. The summed E-state index contributed by atoms with van der Waals surface area (Å²) in [4.78, 5) is 24.5. The van der Waals surface area contributed by atoms with Crippen LogP contribution in [0.15, 0.2) is 59.5 Å². The van der Waals surface area contributed by atoms with Crippen LogP contribution in [0.25, 0.3) is 6.08 Å². The van der Waals surface area contributed by atoms with E-state index in [0.29, 0.717) is 17.5 Å². The summed E-state index contributed by atoms with van der Waals surface area (Å²) >= 11 is 0.345. The van der Waals surface area contributed by atoms with Crippen molar-refractivity contribution < 1.29 is 23.1 Å². The van der Waals surface area contributed by atoms with Crippen LogP contribution in [0.5, 0.6) is 5.75 Å². The molecule has 0 radical (unpaired) electrons. The Kier molecular flexibility index (Phi) is 8.01. The third-order valence-electron chi connectivity index (χ3n) is 3.66. The number of para-hydroxylation sites is 1. The minimum atomic E-state index is -2.60. The Labute approximate surface area is 166 Å². The molecular formula is C20H20F2N2O3S. The SMILES string of the molecule is COc1ccc(/C=C/C(=O)N[C@@H](C)C(=O)Nc2ccccc2SC(F)F)cc1. The second kappa shape index (κ2) is 10.5. The molecule has 1 atom stereocenters. The number of alkyl halides is 2. The van der Waals surface area contributed by atoms with Crippen molar-refractivity contribution in [3.63, 3.8) is 0 Å². The number of hydrogen-bond acceptors (Lipinski definition) is 4. The van der Waals surface area contributed by atoms with E-state index in [1.807, 2.05) is 0 Å². The van der Waals surface area contributed by atoms with Gasteiger partial charge in [-0.05, 0) is 42.8 Å². The Morgan fingerprint density at radius 1 is 1.11 bits per heavy atom.